The summed E-state index contributed by atoms with van der Waals surface area (Å²) in [5.41, 5.74) is 5.38. The number of aromatic amines is 1. The number of rotatable bonds is 1. The van der Waals surface area contributed by atoms with Crippen LogP contribution in [0, 0.1) is 0 Å². The number of hydrogen-bond acceptors (Lipinski definition) is 2. The highest BCUT2D eigenvalue weighted by atomic mass is 31.1. The Balaban J connectivity index is 1.65. The summed E-state index contributed by atoms with van der Waals surface area (Å²) in [4.78, 5) is 3.64. The van der Waals surface area contributed by atoms with Crippen molar-refractivity contribution in [2.75, 3.05) is 12.9 Å². The number of aromatic nitrogens is 1. The average Bonchev–Trinajstić information content (AvgIpc) is 3.18. The van der Waals surface area contributed by atoms with Gasteiger partial charge in [-0.05, 0) is 44.3 Å². The monoisotopic (exact) mass is 308 g/mol. The van der Waals surface area contributed by atoms with Crippen LogP contribution in [-0.4, -0.2) is 17.9 Å². The first-order valence-electron chi connectivity index (χ1n) is 7.73. The van der Waals surface area contributed by atoms with E-state index in [9.17, 15) is 0 Å². The van der Waals surface area contributed by atoms with Crippen LogP contribution in [0.4, 0.5) is 0 Å². The molecule has 2 aliphatic rings. The van der Waals surface area contributed by atoms with Gasteiger partial charge in [-0.25, -0.2) is 0 Å². The van der Waals surface area contributed by atoms with Gasteiger partial charge >= 0.3 is 0 Å². The van der Waals surface area contributed by atoms with Gasteiger partial charge in [-0.1, -0.05) is 24.3 Å². The molecule has 3 aromatic rings. The highest BCUT2D eigenvalue weighted by molar-refractivity contribution is 7.47. The van der Waals surface area contributed by atoms with Gasteiger partial charge in [-0.2, -0.15) is 0 Å². The van der Waals surface area contributed by atoms with Crippen molar-refractivity contribution in [3.8, 4) is 5.75 Å². The lowest BCUT2D eigenvalue weighted by molar-refractivity contribution is 0.403. The van der Waals surface area contributed by atoms with Crippen LogP contribution in [0.25, 0.3) is 10.9 Å². The molecular weight excluding hydrogens is 291 g/mol. The average molecular weight is 308 g/mol. The summed E-state index contributed by atoms with van der Waals surface area (Å²) in [5.74, 6) is 1.06. The van der Waals surface area contributed by atoms with Gasteiger partial charge < -0.3 is 15.0 Å². The van der Waals surface area contributed by atoms with Gasteiger partial charge in [0, 0.05) is 28.4 Å². The second kappa shape index (κ2) is 4.84. The highest BCUT2D eigenvalue weighted by Gasteiger charge is 2.26. The van der Waals surface area contributed by atoms with Crippen LogP contribution in [0.1, 0.15) is 22.9 Å². The molecule has 3 nitrogen and oxygen atoms in total. The van der Waals surface area contributed by atoms with Gasteiger partial charge in [-0.3, -0.25) is 0 Å². The van der Waals surface area contributed by atoms with Crippen LogP contribution in [0.5, 0.6) is 5.75 Å². The molecule has 0 spiro atoms. The number of H-pyrrole nitrogens is 1. The Morgan fingerprint density at radius 3 is 3.09 bits per heavy atom. The third kappa shape index (κ3) is 1.83. The first-order chi connectivity index (χ1) is 10.9. The van der Waals surface area contributed by atoms with Crippen LogP contribution in [0.15, 0.2) is 42.5 Å². The van der Waals surface area contributed by atoms with E-state index in [2.05, 4.69) is 52.8 Å². The van der Waals surface area contributed by atoms with Crippen molar-refractivity contribution in [2.24, 2.45) is 0 Å². The molecule has 0 amide bonds. The number of hydrogen-bond donors (Lipinski definition) is 2. The second-order valence-electron chi connectivity index (χ2n) is 5.92. The summed E-state index contributed by atoms with van der Waals surface area (Å²) in [6.07, 6.45) is 1.93. The van der Waals surface area contributed by atoms with Crippen molar-refractivity contribution >= 4 is 24.8 Å². The molecule has 1 aromatic heterocycles. The maximum atomic E-state index is 5.64. The van der Waals surface area contributed by atoms with Crippen LogP contribution in [-0.2, 0) is 6.42 Å². The molecule has 3 heterocycles. The van der Waals surface area contributed by atoms with Crippen LogP contribution < -0.4 is 15.4 Å². The SMILES string of the molecule is c1ccc2c3c([nH]c2c1)C(c1ccc2c(c1)PCO2)NCC3. The van der Waals surface area contributed by atoms with E-state index in [1.807, 2.05) is 0 Å². The molecule has 2 atom stereocenters. The minimum absolute atomic E-state index is 0.256. The molecule has 4 heteroatoms. The largest absolute Gasteiger partial charge is 0.488 e. The Hall–Kier alpha value is -1.83. The van der Waals surface area contributed by atoms with Crippen LogP contribution in [0.2, 0.25) is 0 Å². The van der Waals surface area contributed by atoms with Gasteiger partial charge in [0.05, 0.1) is 6.04 Å². The van der Waals surface area contributed by atoms with Crippen molar-refractivity contribution < 1.29 is 4.74 Å². The van der Waals surface area contributed by atoms with Gasteiger partial charge in [0.2, 0.25) is 0 Å². The fourth-order valence-corrected chi connectivity index (χ4v) is 4.63. The molecule has 0 saturated heterocycles. The Kier molecular flexibility index (Phi) is 2.79. The van der Waals surface area contributed by atoms with E-state index in [1.54, 1.807) is 0 Å². The predicted octanol–water partition coefficient (Wildman–Crippen LogP) is 3.06. The lowest BCUT2D eigenvalue weighted by Crippen LogP contribution is -2.30. The molecule has 2 unspecified atom stereocenters. The van der Waals surface area contributed by atoms with Gasteiger partial charge in [0.25, 0.3) is 0 Å². The van der Waals surface area contributed by atoms with Crippen LogP contribution >= 0.6 is 8.58 Å². The third-order valence-electron chi connectivity index (χ3n) is 4.69. The summed E-state index contributed by atoms with van der Waals surface area (Å²) in [5, 5.41) is 6.41. The summed E-state index contributed by atoms with van der Waals surface area (Å²) < 4.78 is 5.64. The minimum atomic E-state index is 0.256. The number of ether oxygens (including phenoxy) is 1. The van der Waals surface area contributed by atoms with E-state index in [0.29, 0.717) is 0 Å². The maximum absolute atomic E-state index is 5.64. The second-order valence-corrected chi connectivity index (χ2v) is 7.10. The summed E-state index contributed by atoms with van der Waals surface area (Å²) in [6, 6.07) is 15.5. The molecular formula is C18H17N2OP. The molecule has 2 N–H and O–H groups in total. The zero-order valence-electron chi connectivity index (χ0n) is 12.1. The molecule has 0 radical (unpaired) electrons. The third-order valence-corrected chi connectivity index (χ3v) is 5.75. The maximum Gasteiger partial charge on any atom is 0.127 e. The minimum Gasteiger partial charge on any atom is -0.488 e. The van der Waals surface area contributed by atoms with Crippen LogP contribution in [0.3, 0.4) is 0 Å². The van der Waals surface area contributed by atoms with E-state index < -0.39 is 0 Å². The number of benzene rings is 2. The zero-order valence-corrected chi connectivity index (χ0v) is 13.1. The Labute approximate surface area is 130 Å². The fourth-order valence-electron chi connectivity index (χ4n) is 3.65. The molecule has 0 bridgehead atoms. The van der Waals surface area contributed by atoms with Crippen molar-refractivity contribution in [2.45, 2.75) is 12.5 Å². The smallest absolute Gasteiger partial charge is 0.127 e. The lowest BCUT2D eigenvalue weighted by Gasteiger charge is -2.25. The lowest BCUT2D eigenvalue weighted by atomic mass is 9.94. The van der Waals surface area contributed by atoms with Crippen molar-refractivity contribution in [1.82, 2.24) is 10.3 Å². The van der Waals surface area contributed by atoms with E-state index in [4.69, 9.17) is 4.74 Å². The Morgan fingerprint density at radius 2 is 2.09 bits per heavy atom. The highest BCUT2D eigenvalue weighted by Crippen LogP contribution is 2.35. The number of fused-ring (bicyclic) bond motifs is 4. The first kappa shape index (κ1) is 12.7. The van der Waals surface area contributed by atoms with E-state index in [1.165, 1.54) is 33.0 Å². The van der Waals surface area contributed by atoms with Crippen molar-refractivity contribution in [3.05, 3.63) is 59.3 Å². The van der Waals surface area contributed by atoms with Crippen molar-refractivity contribution in [1.29, 1.82) is 0 Å². The number of nitrogens with one attached hydrogen (secondary N) is 2. The molecule has 0 saturated carbocycles. The molecule has 110 valence electrons. The van der Waals surface area contributed by atoms with Gasteiger partial charge in [-0.15, -0.1) is 0 Å². The summed E-state index contributed by atoms with van der Waals surface area (Å²) >= 11 is 0. The molecule has 22 heavy (non-hydrogen) atoms. The number of para-hydroxylation sites is 1. The quantitative estimate of drug-likeness (QED) is 0.678. The van der Waals surface area contributed by atoms with E-state index in [-0.39, 0.29) is 6.04 Å². The first-order valence-corrected chi connectivity index (χ1v) is 8.94. The molecule has 0 aliphatic carbocycles. The Bertz CT molecular complexity index is 871. The topological polar surface area (TPSA) is 37.0 Å². The fraction of sp³-hybridized carbons (Fsp3) is 0.222. The van der Waals surface area contributed by atoms with E-state index >= 15 is 0 Å². The summed E-state index contributed by atoms with van der Waals surface area (Å²) in [7, 11) is 0.774. The standard InChI is InChI=1S/C18H17N2OP/c1-2-4-14-12(3-1)13-7-8-19-17(18(13)20-14)11-5-6-15-16(9-11)22-10-21-15/h1-6,9,17,19-20,22H,7-8,10H2. The van der Waals surface area contributed by atoms with Gasteiger partial charge in [0.1, 0.15) is 12.1 Å². The molecule has 2 aromatic carbocycles. The zero-order chi connectivity index (χ0) is 14.5. The summed E-state index contributed by atoms with van der Waals surface area (Å²) in [6.45, 7) is 1.02. The molecule has 5 rings (SSSR count). The van der Waals surface area contributed by atoms with E-state index in [0.717, 1.165) is 33.6 Å². The molecule has 2 aliphatic heterocycles. The van der Waals surface area contributed by atoms with Crippen molar-refractivity contribution in [3.63, 3.8) is 0 Å². The normalized spacial score (nSPS) is 20.8. The predicted molar refractivity (Wildman–Crippen MR) is 91.7 cm³/mol. The van der Waals surface area contributed by atoms with Gasteiger partial charge in [0.15, 0.2) is 0 Å². The Morgan fingerprint density at radius 1 is 1.14 bits per heavy atom. The molecule has 0 fully saturated rings.